The number of aryl methyl sites for hydroxylation is 1. The highest BCUT2D eigenvalue weighted by atomic mass is 16.5. The van der Waals surface area contributed by atoms with Gasteiger partial charge in [-0.25, -0.2) is 9.78 Å². The van der Waals surface area contributed by atoms with Crippen molar-refractivity contribution in [2.75, 3.05) is 11.9 Å². The van der Waals surface area contributed by atoms with E-state index in [2.05, 4.69) is 21.5 Å². The maximum atomic E-state index is 12.2. The minimum absolute atomic E-state index is 0.295. The van der Waals surface area contributed by atoms with Gasteiger partial charge < -0.3 is 10.1 Å². The summed E-state index contributed by atoms with van der Waals surface area (Å²) in [5.41, 5.74) is 5.33. The van der Waals surface area contributed by atoms with Crippen LogP contribution in [-0.4, -0.2) is 27.2 Å². The van der Waals surface area contributed by atoms with Crippen molar-refractivity contribution in [3.63, 3.8) is 0 Å². The Morgan fingerprint density at radius 3 is 2.66 bits per heavy atom. The number of nitriles is 1. The van der Waals surface area contributed by atoms with E-state index in [1.54, 1.807) is 11.4 Å². The van der Waals surface area contributed by atoms with Gasteiger partial charge in [0.05, 0.1) is 24.4 Å². The summed E-state index contributed by atoms with van der Waals surface area (Å²) in [6, 6.07) is 19.8. The van der Waals surface area contributed by atoms with Crippen molar-refractivity contribution in [3.8, 4) is 17.2 Å². The van der Waals surface area contributed by atoms with Crippen molar-refractivity contribution < 1.29 is 9.53 Å². The van der Waals surface area contributed by atoms with Gasteiger partial charge in [0.1, 0.15) is 11.4 Å². The summed E-state index contributed by atoms with van der Waals surface area (Å²) in [5.74, 6) is 0.323. The molecule has 0 aliphatic rings. The fraction of sp³-hybridized carbons (Fsp3) is 0.200. The molecule has 0 saturated heterocycles. The van der Waals surface area contributed by atoms with E-state index in [1.807, 2.05) is 61.5 Å². The van der Waals surface area contributed by atoms with E-state index in [-0.39, 0.29) is 0 Å². The van der Waals surface area contributed by atoms with Gasteiger partial charge in [-0.1, -0.05) is 49.4 Å². The first-order valence-corrected chi connectivity index (χ1v) is 10.5. The molecule has 0 bridgehead atoms. The maximum absolute atomic E-state index is 12.2. The highest BCUT2D eigenvalue weighted by molar-refractivity contribution is 5.95. The molecule has 160 valence electrons. The van der Waals surface area contributed by atoms with Crippen molar-refractivity contribution in [1.29, 1.82) is 5.26 Å². The molecule has 0 atom stereocenters. The Hall–Kier alpha value is -4.18. The average molecular weight is 425 g/mol. The van der Waals surface area contributed by atoms with Crippen LogP contribution in [0.15, 0.2) is 60.8 Å². The van der Waals surface area contributed by atoms with Crippen molar-refractivity contribution in [1.82, 2.24) is 14.6 Å². The Kier molecular flexibility index (Phi) is 6.13. The zero-order valence-electron chi connectivity index (χ0n) is 18.0. The number of nitrogens with zero attached hydrogens (tertiary/aromatic N) is 4. The summed E-state index contributed by atoms with van der Waals surface area (Å²) < 4.78 is 6.76. The molecule has 32 heavy (non-hydrogen) atoms. The third-order valence-electron chi connectivity index (χ3n) is 5.17. The highest BCUT2D eigenvalue weighted by Crippen LogP contribution is 2.24. The summed E-state index contributed by atoms with van der Waals surface area (Å²) in [7, 11) is 0. The van der Waals surface area contributed by atoms with E-state index in [0.29, 0.717) is 29.9 Å². The molecule has 0 amide bonds. The number of esters is 1. The van der Waals surface area contributed by atoms with Crippen LogP contribution in [0.3, 0.4) is 0 Å². The van der Waals surface area contributed by atoms with Gasteiger partial charge in [-0.15, -0.1) is 0 Å². The number of ether oxygens (including phenoxy) is 1. The molecule has 0 unspecified atom stereocenters. The highest BCUT2D eigenvalue weighted by Gasteiger charge is 2.18. The largest absolute Gasteiger partial charge is 0.462 e. The van der Waals surface area contributed by atoms with Gasteiger partial charge in [0.25, 0.3) is 0 Å². The molecule has 2 aromatic heterocycles. The number of hydrogen-bond acceptors (Lipinski definition) is 6. The number of hydrogen-bond donors (Lipinski definition) is 1. The van der Waals surface area contributed by atoms with Crippen LogP contribution in [0.5, 0.6) is 0 Å². The molecule has 0 saturated carbocycles. The Balaban J connectivity index is 1.58. The van der Waals surface area contributed by atoms with Crippen LogP contribution in [0, 0.1) is 11.3 Å². The lowest BCUT2D eigenvalue weighted by molar-refractivity contribution is 0.0528. The third-order valence-corrected chi connectivity index (χ3v) is 5.17. The molecule has 0 spiro atoms. The lowest BCUT2D eigenvalue weighted by Gasteiger charge is -2.11. The Morgan fingerprint density at radius 1 is 1.16 bits per heavy atom. The minimum atomic E-state index is -0.428. The van der Waals surface area contributed by atoms with Gasteiger partial charge in [-0.05, 0) is 36.1 Å². The Bertz CT molecular complexity index is 1300. The third kappa shape index (κ3) is 4.16. The standard InChI is InChI=1S/C25H23N5O2/c1-3-20-13-23(30-24(29-20)22(16-28-30)25(31)32-4-2)27-15-17-9-11-18(12-10-17)21-8-6-5-7-19(21)14-26/h5-13,16,27H,3-4,15H2,1-2H3. The molecule has 2 aromatic carbocycles. The summed E-state index contributed by atoms with van der Waals surface area (Å²) in [6.45, 7) is 4.65. The van der Waals surface area contributed by atoms with Crippen LogP contribution in [0.2, 0.25) is 0 Å². The van der Waals surface area contributed by atoms with E-state index < -0.39 is 5.97 Å². The number of fused-ring (bicyclic) bond motifs is 1. The number of carbonyl (C=O) groups excluding carboxylic acids is 1. The first kappa shape index (κ1) is 21.1. The van der Waals surface area contributed by atoms with Crippen LogP contribution in [0.25, 0.3) is 16.8 Å². The second kappa shape index (κ2) is 9.31. The zero-order chi connectivity index (χ0) is 22.5. The van der Waals surface area contributed by atoms with E-state index in [1.165, 1.54) is 6.20 Å². The fourth-order valence-electron chi connectivity index (χ4n) is 3.50. The maximum Gasteiger partial charge on any atom is 0.343 e. The van der Waals surface area contributed by atoms with Gasteiger partial charge in [-0.3, -0.25) is 0 Å². The van der Waals surface area contributed by atoms with E-state index in [4.69, 9.17) is 4.74 Å². The normalized spacial score (nSPS) is 10.7. The molecule has 7 nitrogen and oxygen atoms in total. The smallest absolute Gasteiger partial charge is 0.343 e. The quantitative estimate of drug-likeness (QED) is 0.435. The fourth-order valence-corrected chi connectivity index (χ4v) is 3.50. The monoisotopic (exact) mass is 425 g/mol. The lowest BCUT2D eigenvalue weighted by Crippen LogP contribution is -2.09. The van der Waals surface area contributed by atoms with Gasteiger partial charge in [-0.2, -0.15) is 14.9 Å². The number of carbonyl (C=O) groups is 1. The molecule has 0 aliphatic carbocycles. The van der Waals surface area contributed by atoms with E-state index in [9.17, 15) is 10.1 Å². The van der Waals surface area contributed by atoms with Crippen LogP contribution in [0.1, 0.15) is 41.0 Å². The molecule has 4 aromatic rings. The van der Waals surface area contributed by atoms with Crippen LogP contribution >= 0.6 is 0 Å². The van der Waals surface area contributed by atoms with Gasteiger partial charge in [0, 0.05) is 18.3 Å². The molecule has 0 radical (unpaired) electrons. The zero-order valence-corrected chi connectivity index (χ0v) is 18.0. The average Bonchev–Trinajstić information content (AvgIpc) is 3.27. The molecular weight excluding hydrogens is 402 g/mol. The number of anilines is 1. The number of nitrogens with one attached hydrogen (secondary N) is 1. The van der Waals surface area contributed by atoms with Gasteiger partial charge >= 0.3 is 5.97 Å². The Morgan fingerprint density at radius 2 is 1.94 bits per heavy atom. The van der Waals surface area contributed by atoms with Crippen molar-refractivity contribution >= 4 is 17.4 Å². The molecule has 7 heteroatoms. The van der Waals surface area contributed by atoms with E-state index >= 15 is 0 Å². The van der Waals surface area contributed by atoms with Gasteiger partial charge in [0.2, 0.25) is 0 Å². The van der Waals surface area contributed by atoms with Crippen LogP contribution in [-0.2, 0) is 17.7 Å². The molecule has 0 fully saturated rings. The second-order valence-electron chi connectivity index (χ2n) is 7.21. The summed E-state index contributed by atoms with van der Waals surface area (Å²) in [5, 5.41) is 17.1. The van der Waals surface area contributed by atoms with Crippen molar-refractivity contribution in [2.24, 2.45) is 0 Å². The molecule has 4 rings (SSSR count). The minimum Gasteiger partial charge on any atom is -0.462 e. The van der Waals surface area contributed by atoms with Gasteiger partial charge in [0.15, 0.2) is 5.65 Å². The topological polar surface area (TPSA) is 92.3 Å². The van der Waals surface area contributed by atoms with Crippen molar-refractivity contribution in [3.05, 3.63) is 83.2 Å². The SMILES string of the molecule is CCOC(=O)c1cnn2c(NCc3ccc(-c4ccccc4C#N)cc3)cc(CC)nc12. The number of benzene rings is 2. The molecule has 0 aliphatic heterocycles. The Labute approximate surface area is 186 Å². The summed E-state index contributed by atoms with van der Waals surface area (Å²) in [4.78, 5) is 16.8. The van der Waals surface area contributed by atoms with Crippen LogP contribution < -0.4 is 5.32 Å². The lowest BCUT2D eigenvalue weighted by atomic mass is 9.99. The molecule has 1 N–H and O–H groups in total. The first-order valence-electron chi connectivity index (χ1n) is 10.5. The summed E-state index contributed by atoms with van der Waals surface area (Å²) >= 11 is 0. The van der Waals surface area contributed by atoms with Crippen LogP contribution in [0.4, 0.5) is 5.82 Å². The van der Waals surface area contributed by atoms with E-state index in [0.717, 1.165) is 34.6 Å². The summed E-state index contributed by atoms with van der Waals surface area (Å²) in [6.07, 6.45) is 2.22. The second-order valence-corrected chi connectivity index (χ2v) is 7.21. The molecular formula is C25H23N5O2. The molecule has 2 heterocycles. The number of aromatic nitrogens is 3. The van der Waals surface area contributed by atoms with Crippen molar-refractivity contribution in [2.45, 2.75) is 26.8 Å². The number of rotatable bonds is 7. The predicted molar refractivity (Wildman–Crippen MR) is 122 cm³/mol. The predicted octanol–water partition coefficient (Wildman–Crippen LogP) is 4.62. The first-order chi connectivity index (χ1) is 15.6.